The Kier molecular flexibility index (Phi) is 4.61. The molecule has 0 bridgehead atoms. The Bertz CT molecular complexity index is 505. The van der Waals surface area contributed by atoms with Gasteiger partial charge in [0.2, 0.25) is 0 Å². The summed E-state index contributed by atoms with van der Waals surface area (Å²) in [6, 6.07) is 12.7. The molecule has 0 saturated heterocycles. The van der Waals surface area contributed by atoms with Crippen molar-refractivity contribution in [1.29, 1.82) is 0 Å². The summed E-state index contributed by atoms with van der Waals surface area (Å²) < 4.78 is 0. The van der Waals surface area contributed by atoms with Gasteiger partial charge in [-0.2, -0.15) is 0 Å². The van der Waals surface area contributed by atoms with Gasteiger partial charge in [-0.1, -0.05) is 24.3 Å². The number of anilines is 1. The number of benzene rings is 1. The molecule has 3 heteroatoms. The van der Waals surface area contributed by atoms with Gasteiger partial charge in [0, 0.05) is 22.2 Å². The predicted octanol–water partition coefficient (Wildman–Crippen LogP) is 4.22. The Labute approximate surface area is 119 Å². The highest BCUT2D eigenvalue weighted by atomic mass is 32.1. The van der Waals surface area contributed by atoms with E-state index in [-0.39, 0.29) is 0 Å². The van der Waals surface area contributed by atoms with Crippen LogP contribution < -0.4 is 4.90 Å². The maximum absolute atomic E-state index is 9.94. The van der Waals surface area contributed by atoms with Crippen molar-refractivity contribution < 1.29 is 5.11 Å². The van der Waals surface area contributed by atoms with Crippen LogP contribution in [-0.2, 0) is 6.54 Å². The maximum Gasteiger partial charge on any atom is 0.0781 e. The van der Waals surface area contributed by atoms with E-state index in [1.807, 2.05) is 25.1 Å². The Balaban J connectivity index is 2.34. The molecule has 2 rings (SSSR count). The molecule has 0 aliphatic heterocycles. The van der Waals surface area contributed by atoms with E-state index >= 15 is 0 Å². The second kappa shape index (κ2) is 6.22. The zero-order valence-electron chi connectivity index (χ0n) is 11.7. The van der Waals surface area contributed by atoms with Gasteiger partial charge in [0.15, 0.2) is 0 Å². The van der Waals surface area contributed by atoms with Gasteiger partial charge < -0.3 is 10.0 Å². The van der Waals surface area contributed by atoms with E-state index < -0.39 is 6.10 Å². The second-order valence-electron chi connectivity index (χ2n) is 5.04. The molecule has 1 aromatic carbocycles. The first kappa shape index (κ1) is 14.1. The summed E-state index contributed by atoms with van der Waals surface area (Å²) in [4.78, 5) is 3.68. The van der Waals surface area contributed by atoms with Crippen molar-refractivity contribution >= 4 is 17.0 Å². The van der Waals surface area contributed by atoms with Crippen molar-refractivity contribution in [3.8, 4) is 0 Å². The van der Waals surface area contributed by atoms with Gasteiger partial charge in [-0.05, 0) is 38.3 Å². The smallest absolute Gasteiger partial charge is 0.0781 e. The number of nitrogens with zero attached hydrogens (tertiary/aromatic N) is 1. The number of thiophene rings is 1. The molecule has 0 aliphatic rings. The van der Waals surface area contributed by atoms with Crippen LogP contribution in [0.4, 0.5) is 5.69 Å². The molecule has 1 heterocycles. The summed E-state index contributed by atoms with van der Waals surface area (Å²) in [5.74, 6) is 0. The van der Waals surface area contributed by atoms with Gasteiger partial charge in [-0.3, -0.25) is 0 Å². The van der Waals surface area contributed by atoms with E-state index in [1.165, 1.54) is 4.88 Å². The van der Waals surface area contributed by atoms with Crippen molar-refractivity contribution in [1.82, 2.24) is 0 Å². The molecular weight excluding hydrogens is 254 g/mol. The molecular formula is C16H21NOS. The molecule has 0 fully saturated rings. The van der Waals surface area contributed by atoms with Crippen LogP contribution in [0, 0.1) is 0 Å². The standard InChI is InChI=1S/C16H21NOS/c1-12(2)17(11-14-7-6-10-19-14)16-9-5-4-8-15(16)13(3)18/h4-10,12-13,18H,11H2,1-3H3/t13-/m1/s1. The van der Waals surface area contributed by atoms with Gasteiger partial charge >= 0.3 is 0 Å². The van der Waals surface area contributed by atoms with Crippen LogP contribution >= 0.6 is 11.3 Å². The summed E-state index contributed by atoms with van der Waals surface area (Å²) >= 11 is 1.77. The number of para-hydroxylation sites is 1. The highest BCUT2D eigenvalue weighted by Gasteiger charge is 2.17. The molecule has 2 aromatic rings. The molecule has 1 aromatic heterocycles. The lowest BCUT2D eigenvalue weighted by atomic mass is 10.1. The number of rotatable bonds is 5. The van der Waals surface area contributed by atoms with E-state index in [4.69, 9.17) is 0 Å². The fraction of sp³-hybridized carbons (Fsp3) is 0.375. The molecule has 1 N–H and O–H groups in total. The molecule has 0 amide bonds. The van der Waals surface area contributed by atoms with E-state index in [2.05, 4.69) is 42.3 Å². The van der Waals surface area contributed by atoms with Crippen molar-refractivity contribution in [2.24, 2.45) is 0 Å². The maximum atomic E-state index is 9.94. The quantitative estimate of drug-likeness (QED) is 0.883. The first-order valence-corrected chi connectivity index (χ1v) is 7.53. The molecule has 0 saturated carbocycles. The molecule has 0 spiro atoms. The largest absolute Gasteiger partial charge is 0.389 e. The summed E-state index contributed by atoms with van der Waals surface area (Å²) in [6.45, 7) is 7.08. The summed E-state index contributed by atoms with van der Waals surface area (Å²) in [6.07, 6.45) is -0.444. The average Bonchev–Trinajstić information content (AvgIpc) is 2.88. The third kappa shape index (κ3) is 3.37. The monoisotopic (exact) mass is 275 g/mol. The summed E-state index contributed by atoms with van der Waals surface area (Å²) in [5, 5.41) is 12.0. The van der Waals surface area contributed by atoms with Crippen LogP contribution in [0.15, 0.2) is 41.8 Å². The number of hydrogen-bond donors (Lipinski definition) is 1. The molecule has 0 unspecified atom stereocenters. The van der Waals surface area contributed by atoms with E-state index in [9.17, 15) is 5.11 Å². The lowest BCUT2D eigenvalue weighted by Gasteiger charge is -2.31. The Morgan fingerprint density at radius 3 is 2.42 bits per heavy atom. The van der Waals surface area contributed by atoms with Gasteiger partial charge in [0.05, 0.1) is 12.6 Å². The lowest BCUT2D eigenvalue weighted by molar-refractivity contribution is 0.199. The number of aliphatic hydroxyl groups excluding tert-OH is 1. The van der Waals surface area contributed by atoms with Crippen molar-refractivity contribution in [2.75, 3.05) is 4.90 Å². The van der Waals surface area contributed by atoms with Crippen LogP contribution in [0.25, 0.3) is 0 Å². The fourth-order valence-electron chi connectivity index (χ4n) is 2.22. The van der Waals surface area contributed by atoms with Gasteiger partial charge in [0.1, 0.15) is 0 Å². The van der Waals surface area contributed by atoms with Crippen LogP contribution in [0.5, 0.6) is 0 Å². The van der Waals surface area contributed by atoms with E-state index in [1.54, 1.807) is 11.3 Å². The third-order valence-electron chi connectivity index (χ3n) is 3.23. The first-order valence-electron chi connectivity index (χ1n) is 6.65. The van der Waals surface area contributed by atoms with E-state index in [0.29, 0.717) is 6.04 Å². The molecule has 1 atom stereocenters. The zero-order chi connectivity index (χ0) is 13.8. The topological polar surface area (TPSA) is 23.5 Å². The minimum Gasteiger partial charge on any atom is -0.389 e. The van der Waals surface area contributed by atoms with Crippen LogP contribution in [-0.4, -0.2) is 11.1 Å². The fourth-order valence-corrected chi connectivity index (χ4v) is 2.92. The highest BCUT2D eigenvalue weighted by molar-refractivity contribution is 7.09. The minimum atomic E-state index is -0.444. The molecule has 0 radical (unpaired) electrons. The van der Waals surface area contributed by atoms with Crippen LogP contribution in [0.2, 0.25) is 0 Å². The van der Waals surface area contributed by atoms with Gasteiger partial charge in [-0.15, -0.1) is 11.3 Å². The van der Waals surface area contributed by atoms with Gasteiger partial charge in [0.25, 0.3) is 0 Å². The summed E-state index contributed by atoms with van der Waals surface area (Å²) in [5.41, 5.74) is 2.12. The predicted molar refractivity (Wildman–Crippen MR) is 82.7 cm³/mol. The molecule has 19 heavy (non-hydrogen) atoms. The lowest BCUT2D eigenvalue weighted by Crippen LogP contribution is -2.30. The summed E-state index contributed by atoms with van der Waals surface area (Å²) in [7, 11) is 0. The van der Waals surface area contributed by atoms with Gasteiger partial charge in [-0.25, -0.2) is 0 Å². The zero-order valence-corrected chi connectivity index (χ0v) is 12.5. The minimum absolute atomic E-state index is 0.391. The van der Waals surface area contributed by atoms with Crippen molar-refractivity contribution in [3.05, 3.63) is 52.2 Å². The number of aliphatic hydroxyl groups is 1. The third-order valence-corrected chi connectivity index (χ3v) is 4.09. The Morgan fingerprint density at radius 2 is 1.84 bits per heavy atom. The second-order valence-corrected chi connectivity index (χ2v) is 6.07. The normalized spacial score (nSPS) is 12.7. The first-order chi connectivity index (χ1) is 9.09. The highest BCUT2D eigenvalue weighted by Crippen LogP contribution is 2.29. The Hall–Kier alpha value is -1.32. The van der Waals surface area contributed by atoms with Crippen LogP contribution in [0.1, 0.15) is 37.3 Å². The number of hydrogen-bond acceptors (Lipinski definition) is 3. The van der Waals surface area contributed by atoms with Crippen molar-refractivity contribution in [2.45, 2.75) is 39.5 Å². The SMILES string of the molecule is CC(C)N(Cc1cccs1)c1ccccc1[C@@H](C)O. The van der Waals surface area contributed by atoms with Crippen LogP contribution in [0.3, 0.4) is 0 Å². The molecule has 102 valence electrons. The molecule has 2 nitrogen and oxygen atoms in total. The Morgan fingerprint density at radius 1 is 1.11 bits per heavy atom. The molecule has 0 aliphatic carbocycles. The average molecular weight is 275 g/mol. The van der Waals surface area contributed by atoms with E-state index in [0.717, 1.165) is 17.8 Å². The van der Waals surface area contributed by atoms with Crippen molar-refractivity contribution in [3.63, 3.8) is 0 Å².